The summed E-state index contributed by atoms with van der Waals surface area (Å²) in [6.45, 7) is 2.20. The lowest BCUT2D eigenvalue weighted by Gasteiger charge is -2.12. The van der Waals surface area contributed by atoms with E-state index in [9.17, 15) is 18.0 Å². The molecule has 23 heavy (non-hydrogen) atoms. The van der Waals surface area contributed by atoms with Gasteiger partial charge in [-0.25, -0.2) is 0 Å². The minimum absolute atomic E-state index is 0.0204. The molecule has 0 unspecified atom stereocenters. The third-order valence-corrected chi connectivity index (χ3v) is 5.11. The van der Waals surface area contributed by atoms with Crippen LogP contribution >= 0.6 is 0 Å². The molecule has 0 atom stereocenters. The number of rotatable bonds is 13. The van der Waals surface area contributed by atoms with Crippen molar-refractivity contribution in [2.45, 2.75) is 84.0 Å². The highest BCUT2D eigenvalue weighted by atomic mass is 32.2. The molecule has 0 radical (unpaired) electrons. The van der Waals surface area contributed by atoms with E-state index in [2.05, 4.69) is 11.2 Å². The molecular weight excluding hydrogens is 318 g/mol. The number of hydroxylamine groups is 2. The Kier molecular flexibility index (Phi) is 9.40. The van der Waals surface area contributed by atoms with Gasteiger partial charge in [0.2, 0.25) is 0 Å². The Morgan fingerprint density at radius 2 is 1.26 bits per heavy atom. The summed E-state index contributed by atoms with van der Waals surface area (Å²) in [5.74, 6) is -1.32. The highest BCUT2D eigenvalue weighted by Crippen LogP contribution is 2.16. The number of imide groups is 1. The van der Waals surface area contributed by atoms with Crippen LogP contribution in [-0.4, -0.2) is 31.0 Å². The summed E-state index contributed by atoms with van der Waals surface area (Å²) in [5.41, 5.74) is 0. The summed E-state index contributed by atoms with van der Waals surface area (Å²) in [5, 5.41) is 0.394. The Labute approximate surface area is 139 Å². The van der Waals surface area contributed by atoms with Gasteiger partial charge in [0.05, 0.1) is 5.75 Å². The largest absolute Gasteiger partial charge is 0.288 e. The molecule has 134 valence electrons. The summed E-state index contributed by atoms with van der Waals surface area (Å²) in [7, 11) is -3.85. The van der Waals surface area contributed by atoms with Crippen LogP contribution in [0.4, 0.5) is 0 Å². The Hall–Kier alpha value is -0.950. The van der Waals surface area contributed by atoms with Crippen molar-refractivity contribution in [3.05, 3.63) is 0 Å². The predicted molar refractivity (Wildman–Crippen MR) is 87.8 cm³/mol. The second-order valence-electron chi connectivity index (χ2n) is 6.10. The molecule has 0 N–H and O–H groups in total. The van der Waals surface area contributed by atoms with Crippen molar-refractivity contribution >= 4 is 21.9 Å². The van der Waals surface area contributed by atoms with Gasteiger partial charge in [0.1, 0.15) is 0 Å². The first-order chi connectivity index (χ1) is 11.0. The van der Waals surface area contributed by atoms with Crippen molar-refractivity contribution in [1.29, 1.82) is 0 Å². The number of amides is 2. The monoisotopic (exact) mass is 347 g/mol. The third-order valence-electron chi connectivity index (χ3n) is 3.94. The molecule has 0 aromatic rings. The fraction of sp³-hybridized carbons (Fsp3) is 0.875. The topological polar surface area (TPSA) is 80.8 Å². The van der Waals surface area contributed by atoms with Gasteiger partial charge in [-0.3, -0.25) is 9.59 Å². The molecule has 6 nitrogen and oxygen atoms in total. The van der Waals surface area contributed by atoms with Crippen LogP contribution in [0, 0.1) is 0 Å². The van der Waals surface area contributed by atoms with Gasteiger partial charge in [-0.2, -0.15) is 8.42 Å². The van der Waals surface area contributed by atoms with E-state index in [1.165, 1.54) is 38.5 Å². The smallest absolute Gasteiger partial charge is 0.272 e. The van der Waals surface area contributed by atoms with Gasteiger partial charge >= 0.3 is 0 Å². The van der Waals surface area contributed by atoms with Gasteiger partial charge < -0.3 is 0 Å². The second kappa shape index (κ2) is 10.8. The summed E-state index contributed by atoms with van der Waals surface area (Å²) in [4.78, 5) is 22.6. The van der Waals surface area contributed by atoms with E-state index in [0.717, 1.165) is 19.3 Å². The summed E-state index contributed by atoms with van der Waals surface area (Å²) >= 11 is 0. The number of hydrogen-bond donors (Lipinski definition) is 0. The minimum Gasteiger partial charge on any atom is -0.272 e. The van der Waals surface area contributed by atoms with E-state index < -0.39 is 21.9 Å². The average molecular weight is 347 g/mol. The maximum absolute atomic E-state index is 11.7. The number of carbonyl (C=O) groups excluding carboxylic acids is 2. The van der Waals surface area contributed by atoms with Crippen molar-refractivity contribution in [2.75, 3.05) is 5.75 Å². The highest BCUT2D eigenvalue weighted by molar-refractivity contribution is 7.86. The molecule has 0 spiro atoms. The standard InChI is InChI=1S/C16H29NO5S/c1-2-3-4-5-6-7-8-9-10-11-14-23(20,21)22-17-15(18)12-13-16(17)19/h2-14H2,1H3. The van der Waals surface area contributed by atoms with Crippen molar-refractivity contribution in [3.63, 3.8) is 0 Å². The lowest BCUT2D eigenvalue weighted by molar-refractivity contribution is -0.163. The summed E-state index contributed by atoms with van der Waals surface area (Å²) in [6.07, 6.45) is 11.1. The van der Waals surface area contributed by atoms with E-state index in [4.69, 9.17) is 0 Å². The molecule has 1 saturated heterocycles. The van der Waals surface area contributed by atoms with Crippen LogP contribution in [0.15, 0.2) is 0 Å². The van der Waals surface area contributed by atoms with Crippen LogP contribution in [0.3, 0.4) is 0 Å². The molecule has 1 rings (SSSR count). The lowest BCUT2D eigenvalue weighted by Crippen LogP contribution is -2.33. The maximum Gasteiger partial charge on any atom is 0.288 e. The van der Waals surface area contributed by atoms with E-state index in [1.54, 1.807) is 0 Å². The van der Waals surface area contributed by atoms with Crippen LogP contribution in [0.1, 0.15) is 84.0 Å². The fourth-order valence-corrected chi connectivity index (χ4v) is 3.58. The second-order valence-corrected chi connectivity index (χ2v) is 7.77. The number of hydrogen-bond acceptors (Lipinski definition) is 5. The Balaban J connectivity index is 2.06. The van der Waals surface area contributed by atoms with E-state index in [-0.39, 0.29) is 18.6 Å². The lowest BCUT2D eigenvalue weighted by atomic mass is 10.1. The number of carbonyl (C=O) groups is 2. The van der Waals surface area contributed by atoms with Crippen molar-refractivity contribution < 1.29 is 22.3 Å². The van der Waals surface area contributed by atoms with Gasteiger partial charge in [0, 0.05) is 12.8 Å². The Morgan fingerprint density at radius 3 is 1.74 bits per heavy atom. The molecule has 0 saturated carbocycles. The first-order valence-electron chi connectivity index (χ1n) is 8.74. The molecular formula is C16H29NO5S. The molecule has 0 bridgehead atoms. The summed E-state index contributed by atoms with van der Waals surface area (Å²) < 4.78 is 28.1. The normalized spacial score (nSPS) is 15.6. The van der Waals surface area contributed by atoms with Gasteiger partial charge in [-0.15, -0.1) is 9.35 Å². The fourth-order valence-electron chi connectivity index (χ4n) is 2.56. The number of unbranched alkanes of at least 4 members (excludes halogenated alkanes) is 9. The van der Waals surface area contributed by atoms with Gasteiger partial charge in [0.15, 0.2) is 0 Å². The van der Waals surface area contributed by atoms with Crippen LogP contribution < -0.4 is 0 Å². The minimum atomic E-state index is -3.85. The van der Waals surface area contributed by atoms with Gasteiger partial charge in [-0.1, -0.05) is 64.7 Å². The average Bonchev–Trinajstić information content (AvgIpc) is 2.80. The van der Waals surface area contributed by atoms with E-state index in [1.807, 2.05) is 0 Å². The molecule has 1 aliphatic heterocycles. The molecule has 0 aromatic carbocycles. The predicted octanol–water partition coefficient (Wildman–Crippen LogP) is 3.32. The van der Waals surface area contributed by atoms with Crippen LogP contribution in [0.25, 0.3) is 0 Å². The number of nitrogens with zero attached hydrogens (tertiary/aromatic N) is 1. The van der Waals surface area contributed by atoms with Crippen molar-refractivity contribution in [2.24, 2.45) is 0 Å². The zero-order valence-corrected chi connectivity index (χ0v) is 14.9. The molecule has 0 aliphatic carbocycles. The van der Waals surface area contributed by atoms with Gasteiger partial charge in [-0.05, 0) is 6.42 Å². The zero-order valence-electron chi connectivity index (χ0n) is 14.1. The third kappa shape index (κ3) is 8.46. The van der Waals surface area contributed by atoms with Crippen molar-refractivity contribution in [1.82, 2.24) is 5.06 Å². The Morgan fingerprint density at radius 1 is 0.826 bits per heavy atom. The molecule has 7 heteroatoms. The molecule has 0 aromatic heterocycles. The highest BCUT2D eigenvalue weighted by Gasteiger charge is 2.34. The van der Waals surface area contributed by atoms with Crippen LogP contribution in [0.2, 0.25) is 0 Å². The SMILES string of the molecule is CCCCCCCCCCCCS(=O)(=O)ON1C(=O)CCC1=O. The van der Waals surface area contributed by atoms with Crippen LogP contribution in [-0.2, 0) is 24.0 Å². The first-order valence-corrected chi connectivity index (χ1v) is 10.3. The van der Waals surface area contributed by atoms with E-state index in [0.29, 0.717) is 11.5 Å². The zero-order chi connectivity index (χ0) is 17.1. The van der Waals surface area contributed by atoms with Crippen molar-refractivity contribution in [3.8, 4) is 0 Å². The molecule has 2 amide bonds. The quantitative estimate of drug-likeness (QED) is 0.377. The van der Waals surface area contributed by atoms with Crippen LogP contribution in [0.5, 0.6) is 0 Å². The maximum atomic E-state index is 11.7. The molecule has 1 aliphatic rings. The van der Waals surface area contributed by atoms with Gasteiger partial charge in [0.25, 0.3) is 21.9 Å². The van der Waals surface area contributed by atoms with E-state index >= 15 is 0 Å². The summed E-state index contributed by atoms with van der Waals surface area (Å²) in [6, 6.07) is 0. The molecule has 1 fully saturated rings. The first kappa shape index (κ1) is 20.1. The molecule has 1 heterocycles. The Bertz CT molecular complexity index is 459.